The van der Waals surface area contributed by atoms with Crippen molar-refractivity contribution in [2.75, 3.05) is 13.2 Å². The molecule has 1 aromatic rings. The molecule has 1 rings (SSSR count). The zero-order valence-electron chi connectivity index (χ0n) is 11.1. The first-order valence-electron chi connectivity index (χ1n) is 6.05. The minimum Gasteiger partial charge on any atom is -0.486 e. The van der Waals surface area contributed by atoms with E-state index in [0.717, 1.165) is 16.6 Å². The van der Waals surface area contributed by atoms with Gasteiger partial charge in [-0.15, -0.1) is 0 Å². The minimum atomic E-state index is 0.374. The van der Waals surface area contributed by atoms with Crippen molar-refractivity contribution in [3.8, 4) is 5.75 Å². The summed E-state index contributed by atoms with van der Waals surface area (Å²) >= 11 is 15.5. The summed E-state index contributed by atoms with van der Waals surface area (Å²) in [5.41, 5.74) is 0.951. The number of ether oxygens (including phenoxy) is 1. The Kier molecular flexibility index (Phi) is 7.22. The molecule has 0 heterocycles. The third-order valence-electron chi connectivity index (χ3n) is 2.33. The Morgan fingerprint density at radius 2 is 2.11 bits per heavy atom. The van der Waals surface area contributed by atoms with Crippen LogP contribution >= 0.6 is 39.1 Å². The molecule has 106 valence electrons. The smallest absolute Gasteiger partial charge is 0.143 e. The Bertz CT molecular complexity index is 449. The van der Waals surface area contributed by atoms with Crippen molar-refractivity contribution < 1.29 is 4.74 Å². The fourth-order valence-electron chi connectivity index (χ4n) is 1.55. The van der Waals surface area contributed by atoms with E-state index in [2.05, 4.69) is 41.7 Å². The minimum absolute atomic E-state index is 0.374. The highest BCUT2D eigenvalue weighted by Gasteiger charge is 2.11. The van der Waals surface area contributed by atoms with Crippen molar-refractivity contribution in [1.82, 2.24) is 5.32 Å². The van der Waals surface area contributed by atoms with Gasteiger partial charge in [0.1, 0.15) is 12.4 Å². The first kappa shape index (κ1) is 16.8. The van der Waals surface area contributed by atoms with E-state index in [-0.39, 0.29) is 0 Å². The number of nitrogens with one attached hydrogen (secondary N) is 1. The Morgan fingerprint density at radius 1 is 1.42 bits per heavy atom. The first-order valence-corrected chi connectivity index (χ1v) is 7.59. The lowest BCUT2D eigenvalue weighted by Gasteiger charge is -2.15. The van der Waals surface area contributed by atoms with Crippen LogP contribution in [0.5, 0.6) is 5.75 Å². The maximum atomic E-state index is 6.18. The molecule has 0 aliphatic rings. The van der Waals surface area contributed by atoms with Gasteiger partial charge in [0.05, 0.1) is 5.02 Å². The van der Waals surface area contributed by atoms with E-state index < -0.39 is 0 Å². The fraction of sp³-hybridized carbons (Fsp3) is 0.429. The normalized spacial score (nSPS) is 10.8. The molecule has 2 nitrogen and oxygen atoms in total. The molecule has 0 amide bonds. The molecule has 0 radical (unpaired) electrons. The highest BCUT2D eigenvalue weighted by Crippen LogP contribution is 2.33. The lowest BCUT2D eigenvalue weighted by Crippen LogP contribution is -2.19. The molecule has 19 heavy (non-hydrogen) atoms. The average Bonchev–Trinajstić information content (AvgIpc) is 2.26. The van der Waals surface area contributed by atoms with Crippen LogP contribution in [0.25, 0.3) is 0 Å². The summed E-state index contributed by atoms with van der Waals surface area (Å²) < 4.78 is 6.43. The third-order valence-corrected chi connectivity index (χ3v) is 3.05. The summed E-state index contributed by atoms with van der Waals surface area (Å²) in [6, 6.07) is 3.55. The summed E-state index contributed by atoms with van der Waals surface area (Å²) in [7, 11) is 0. The maximum Gasteiger partial charge on any atom is 0.143 e. The quantitative estimate of drug-likeness (QED) is 0.730. The van der Waals surface area contributed by atoms with E-state index in [4.69, 9.17) is 27.9 Å². The van der Waals surface area contributed by atoms with Gasteiger partial charge in [-0.1, -0.05) is 59.6 Å². The molecule has 0 saturated carbocycles. The molecule has 0 aliphatic carbocycles. The summed E-state index contributed by atoms with van der Waals surface area (Å²) in [6.07, 6.45) is 0. The number of halogens is 3. The van der Waals surface area contributed by atoms with Gasteiger partial charge in [-0.2, -0.15) is 0 Å². The van der Waals surface area contributed by atoms with Gasteiger partial charge in [0.15, 0.2) is 0 Å². The Morgan fingerprint density at radius 3 is 2.68 bits per heavy atom. The molecule has 1 N–H and O–H groups in total. The van der Waals surface area contributed by atoms with E-state index in [1.807, 2.05) is 6.07 Å². The van der Waals surface area contributed by atoms with Crippen LogP contribution < -0.4 is 10.1 Å². The molecule has 0 fully saturated rings. The average molecular weight is 367 g/mol. The van der Waals surface area contributed by atoms with E-state index in [9.17, 15) is 0 Å². The van der Waals surface area contributed by atoms with Gasteiger partial charge >= 0.3 is 0 Å². The van der Waals surface area contributed by atoms with Gasteiger partial charge in [0, 0.05) is 21.6 Å². The van der Waals surface area contributed by atoms with Crippen LogP contribution in [-0.2, 0) is 6.54 Å². The van der Waals surface area contributed by atoms with Crippen molar-refractivity contribution in [2.45, 2.75) is 20.4 Å². The predicted molar refractivity (Wildman–Crippen MR) is 86.6 cm³/mol. The van der Waals surface area contributed by atoms with Crippen molar-refractivity contribution in [1.29, 1.82) is 0 Å². The van der Waals surface area contributed by atoms with Crippen LogP contribution in [-0.4, -0.2) is 13.2 Å². The number of rotatable bonds is 7. The van der Waals surface area contributed by atoms with Crippen LogP contribution in [0.4, 0.5) is 0 Å². The molecule has 0 aromatic heterocycles. The van der Waals surface area contributed by atoms with Crippen molar-refractivity contribution in [2.24, 2.45) is 5.92 Å². The van der Waals surface area contributed by atoms with Crippen LogP contribution in [0, 0.1) is 5.92 Å². The van der Waals surface area contributed by atoms with E-state index in [0.29, 0.717) is 34.9 Å². The molecular weight excluding hydrogens is 349 g/mol. The SMILES string of the molecule is C=C(Br)COc1c(Cl)cc(Cl)cc1CNCC(C)C. The topological polar surface area (TPSA) is 21.3 Å². The molecule has 0 saturated heterocycles. The van der Waals surface area contributed by atoms with Gasteiger partial charge in [0.25, 0.3) is 0 Å². The fourth-order valence-corrected chi connectivity index (χ4v) is 2.26. The second-order valence-electron chi connectivity index (χ2n) is 4.71. The second kappa shape index (κ2) is 8.15. The lowest BCUT2D eigenvalue weighted by molar-refractivity contribution is 0.355. The Balaban J connectivity index is 2.83. The van der Waals surface area contributed by atoms with Crippen molar-refractivity contribution >= 4 is 39.1 Å². The molecule has 0 aliphatic heterocycles. The molecule has 5 heteroatoms. The van der Waals surface area contributed by atoms with Gasteiger partial charge < -0.3 is 10.1 Å². The highest BCUT2D eigenvalue weighted by molar-refractivity contribution is 9.11. The molecule has 0 unspecified atom stereocenters. The van der Waals surface area contributed by atoms with Gasteiger partial charge in [0.2, 0.25) is 0 Å². The van der Waals surface area contributed by atoms with Crippen LogP contribution in [0.15, 0.2) is 23.2 Å². The first-order chi connectivity index (χ1) is 8.90. The molecule has 0 spiro atoms. The third kappa shape index (κ3) is 6.17. The van der Waals surface area contributed by atoms with Crippen LogP contribution in [0.1, 0.15) is 19.4 Å². The Hall–Kier alpha value is -0.220. The number of benzene rings is 1. The zero-order valence-corrected chi connectivity index (χ0v) is 14.2. The second-order valence-corrected chi connectivity index (χ2v) is 6.67. The largest absolute Gasteiger partial charge is 0.486 e. The standard InChI is InChI=1S/C14H18BrCl2NO/c1-9(2)6-18-7-11-4-12(16)5-13(17)14(11)19-8-10(3)15/h4-5,9,18H,3,6-8H2,1-2H3. The monoisotopic (exact) mass is 365 g/mol. The summed E-state index contributed by atoms with van der Waals surface area (Å²) in [4.78, 5) is 0. The Labute approximate surface area is 133 Å². The summed E-state index contributed by atoms with van der Waals surface area (Å²) in [5, 5.41) is 4.48. The molecule has 1 aromatic carbocycles. The predicted octanol–water partition coefficient (Wildman–Crippen LogP) is 5.03. The van der Waals surface area contributed by atoms with Gasteiger partial charge in [-0.25, -0.2) is 0 Å². The van der Waals surface area contributed by atoms with Gasteiger partial charge in [-0.05, 0) is 24.6 Å². The van der Waals surface area contributed by atoms with E-state index >= 15 is 0 Å². The van der Waals surface area contributed by atoms with Crippen molar-refractivity contribution in [3.63, 3.8) is 0 Å². The summed E-state index contributed by atoms with van der Waals surface area (Å²) in [5.74, 6) is 1.24. The zero-order chi connectivity index (χ0) is 14.4. The molecule has 0 bridgehead atoms. The number of hydrogen-bond donors (Lipinski definition) is 1. The molecular formula is C14H18BrCl2NO. The van der Waals surface area contributed by atoms with Crippen molar-refractivity contribution in [3.05, 3.63) is 38.8 Å². The van der Waals surface area contributed by atoms with Crippen LogP contribution in [0.3, 0.4) is 0 Å². The molecule has 0 atom stereocenters. The lowest BCUT2D eigenvalue weighted by atomic mass is 10.1. The van der Waals surface area contributed by atoms with Crippen LogP contribution in [0.2, 0.25) is 10.0 Å². The van der Waals surface area contributed by atoms with Gasteiger partial charge in [-0.3, -0.25) is 0 Å². The summed E-state index contributed by atoms with van der Waals surface area (Å²) in [6.45, 7) is 10.0. The number of hydrogen-bond acceptors (Lipinski definition) is 2. The maximum absolute atomic E-state index is 6.18. The van der Waals surface area contributed by atoms with E-state index in [1.54, 1.807) is 6.07 Å². The highest BCUT2D eigenvalue weighted by atomic mass is 79.9. The van der Waals surface area contributed by atoms with E-state index in [1.165, 1.54) is 0 Å².